The minimum absolute atomic E-state index is 0.0578. The van der Waals surface area contributed by atoms with Crippen molar-refractivity contribution in [1.29, 1.82) is 0 Å². The molecule has 1 rings (SSSR count). The van der Waals surface area contributed by atoms with E-state index in [1.807, 2.05) is 0 Å². The Balaban J connectivity index is 2.45. The van der Waals surface area contributed by atoms with Crippen LogP contribution in [0.4, 0.5) is 0 Å². The van der Waals surface area contributed by atoms with Crippen LogP contribution in [0, 0.1) is 0 Å². The molecule has 0 saturated carbocycles. The number of amides is 1. The van der Waals surface area contributed by atoms with E-state index in [0.717, 1.165) is 0 Å². The lowest BCUT2D eigenvalue weighted by molar-refractivity contribution is -0.136. The highest BCUT2D eigenvalue weighted by Gasteiger charge is 2.08. The molecule has 0 aromatic heterocycles. The number of aliphatic carboxylic acids is 1. The summed E-state index contributed by atoms with van der Waals surface area (Å²) in [7, 11) is 3.43. The van der Waals surface area contributed by atoms with Gasteiger partial charge in [-0.05, 0) is 12.5 Å². The minimum atomic E-state index is -0.890. The van der Waals surface area contributed by atoms with Crippen molar-refractivity contribution in [1.82, 2.24) is 4.90 Å². The molecule has 1 aromatic rings. The topological polar surface area (TPSA) is 66.8 Å². The van der Waals surface area contributed by atoms with Crippen LogP contribution >= 0.6 is 0 Å². The first-order valence-corrected chi connectivity index (χ1v) is 6.13. The Morgan fingerprint density at radius 3 is 2.58 bits per heavy atom. The quantitative estimate of drug-likeness (QED) is 0.760. The first kappa shape index (κ1) is 15.0. The van der Waals surface area contributed by atoms with Crippen LogP contribution in [0.1, 0.15) is 18.4 Å². The van der Waals surface area contributed by atoms with E-state index in [9.17, 15) is 9.59 Å². The number of nitrogens with zero attached hydrogens (tertiary/aromatic N) is 1. The Morgan fingerprint density at radius 2 is 1.95 bits per heavy atom. The van der Waals surface area contributed by atoms with Gasteiger partial charge in [0.25, 0.3) is 0 Å². The molecule has 0 heterocycles. The number of benzene rings is 1. The van der Waals surface area contributed by atoms with Crippen molar-refractivity contribution in [2.75, 3.05) is 20.7 Å². The maximum Gasteiger partial charge on any atom is 0.307 e. The second-order valence-electron chi connectivity index (χ2n) is 4.42. The lowest BCUT2D eigenvalue weighted by atomic mass is 10.1. The monoisotopic (exact) mass is 265 g/mol. The molecule has 0 aliphatic heterocycles. The molecule has 5 heteroatoms. The fourth-order valence-electron chi connectivity index (χ4n) is 1.58. The second-order valence-corrected chi connectivity index (χ2v) is 4.42. The van der Waals surface area contributed by atoms with Gasteiger partial charge in [0, 0.05) is 26.1 Å². The van der Waals surface area contributed by atoms with Crippen molar-refractivity contribution in [2.45, 2.75) is 19.3 Å². The van der Waals surface area contributed by atoms with Crippen molar-refractivity contribution in [2.24, 2.45) is 0 Å². The zero-order valence-electron chi connectivity index (χ0n) is 11.3. The Morgan fingerprint density at radius 1 is 1.26 bits per heavy atom. The summed E-state index contributed by atoms with van der Waals surface area (Å²) in [5.74, 6) is -0.261. The molecule has 0 radical (unpaired) electrons. The van der Waals surface area contributed by atoms with Crippen molar-refractivity contribution in [3.8, 4) is 5.75 Å². The Kier molecular flexibility index (Phi) is 5.85. The number of carbonyl (C=O) groups is 2. The summed E-state index contributed by atoms with van der Waals surface area (Å²) in [5.41, 5.74) is 0.647. The number of hydrogen-bond acceptors (Lipinski definition) is 3. The van der Waals surface area contributed by atoms with Crippen LogP contribution in [0.3, 0.4) is 0 Å². The van der Waals surface area contributed by atoms with Gasteiger partial charge in [0.2, 0.25) is 5.91 Å². The minimum Gasteiger partial charge on any atom is -0.493 e. The first-order chi connectivity index (χ1) is 9.00. The zero-order valence-corrected chi connectivity index (χ0v) is 11.3. The van der Waals surface area contributed by atoms with Crippen molar-refractivity contribution in [3.63, 3.8) is 0 Å². The summed E-state index contributed by atoms with van der Waals surface area (Å²) in [6.07, 6.45) is 0.972. The average Bonchev–Trinajstić information content (AvgIpc) is 2.35. The summed E-state index contributed by atoms with van der Waals surface area (Å²) in [5, 5.41) is 8.79. The van der Waals surface area contributed by atoms with E-state index < -0.39 is 5.97 Å². The maximum absolute atomic E-state index is 11.4. The van der Waals surface area contributed by atoms with E-state index in [2.05, 4.69) is 0 Å². The van der Waals surface area contributed by atoms with E-state index in [0.29, 0.717) is 30.8 Å². The van der Waals surface area contributed by atoms with Crippen LogP contribution in [0.25, 0.3) is 0 Å². The molecule has 104 valence electrons. The third-order valence-corrected chi connectivity index (χ3v) is 2.61. The van der Waals surface area contributed by atoms with Gasteiger partial charge >= 0.3 is 5.97 Å². The number of carbonyl (C=O) groups excluding carboxylic acids is 1. The fraction of sp³-hybridized carbons (Fsp3) is 0.429. The van der Waals surface area contributed by atoms with Gasteiger partial charge in [0.05, 0.1) is 13.0 Å². The van der Waals surface area contributed by atoms with Gasteiger partial charge < -0.3 is 14.7 Å². The van der Waals surface area contributed by atoms with Gasteiger partial charge in [0.1, 0.15) is 5.75 Å². The Bertz CT molecular complexity index is 443. The molecular weight excluding hydrogens is 246 g/mol. The second kappa shape index (κ2) is 7.41. The Labute approximate surface area is 112 Å². The SMILES string of the molecule is CN(C)C(=O)CCCOc1ccccc1CC(=O)O. The molecular formula is C14H19NO4. The highest BCUT2D eigenvalue weighted by Crippen LogP contribution is 2.18. The Hall–Kier alpha value is -2.04. The predicted octanol–water partition coefficient (Wildman–Crippen LogP) is 1.56. The van der Waals surface area contributed by atoms with Gasteiger partial charge in [-0.25, -0.2) is 0 Å². The van der Waals surface area contributed by atoms with Crippen molar-refractivity contribution >= 4 is 11.9 Å². The van der Waals surface area contributed by atoms with E-state index in [1.54, 1.807) is 43.3 Å². The van der Waals surface area contributed by atoms with E-state index in [1.165, 1.54) is 0 Å². The third-order valence-electron chi connectivity index (χ3n) is 2.61. The highest BCUT2D eigenvalue weighted by atomic mass is 16.5. The van der Waals surface area contributed by atoms with Gasteiger partial charge in [-0.15, -0.1) is 0 Å². The lowest BCUT2D eigenvalue weighted by Gasteiger charge is -2.12. The fourth-order valence-corrected chi connectivity index (χ4v) is 1.58. The van der Waals surface area contributed by atoms with Gasteiger partial charge in [-0.1, -0.05) is 18.2 Å². The summed E-state index contributed by atoms with van der Waals surface area (Å²) >= 11 is 0. The molecule has 0 fully saturated rings. The number of carboxylic acids is 1. The molecule has 0 unspecified atom stereocenters. The predicted molar refractivity (Wildman–Crippen MR) is 71.2 cm³/mol. The van der Waals surface area contributed by atoms with Crippen LogP contribution in [-0.4, -0.2) is 42.6 Å². The van der Waals surface area contributed by atoms with E-state index >= 15 is 0 Å². The molecule has 1 aromatic carbocycles. The molecule has 0 atom stereocenters. The van der Waals surface area contributed by atoms with Gasteiger partial charge in [-0.3, -0.25) is 9.59 Å². The van der Waals surface area contributed by atoms with E-state index in [-0.39, 0.29) is 12.3 Å². The molecule has 5 nitrogen and oxygen atoms in total. The highest BCUT2D eigenvalue weighted by molar-refractivity contribution is 5.75. The number of para-hydroxylation sites is 1. The summed E-state index contributed by atoms with van der Waals surface area (Å²) < 4.78 is 5.53. The summed E-state index contributed by atoms with van der Waals surface area (Å²) in [6, 6.07) is 7.05. The molecule has 1 amide bonds. The van der Waals surface area contributed by atoms with Crippen LogP contribution in [0.15, 0.2) is 24.3 Å². The number of carboxylic acid groups (broad SMARTS) is 1. The zero-order chi connectivity index (χ0) is 14.3. The largest absolute Gasteiger partial charge is 0.493 e. The number of hydrogen-bond donors (Lipinski definition) is 1. The lowest BCUT2D eigenvalue weighted by Crippen LogP contribution is -2.21. The third kappa shape index (κ3) is 5.42. The molecule has 0 saturated heterocycles. The smallest absolute Gasteiger partial charge is 0.307 e. The van der Waals surface area contributed by atoms with E-state index in [4.69, 9.17) is 9.84 Å². The standard InChI is InChI=1S/C14H19NO4/c1-15(2)13(16)8-5-9-19-12-7-4-3-6-11(12)10-14(17)18/h3-4,6-7H,5,8-10H2,1-2H3,(H,17,18). The van der Waals surface area contributed by atoms with Gasteiger partial charge in [0.15, 0.2) is 0 Å². The molecule has 0 aliphatic carbocycles. The van der Waals surface area contributed by atoms with Crippen LogP contribution in [0.2, 0.25) is 0 Å². The van der Waals surface area contributed by atoms with Crippen molar-refractivity contribution < 1.29 is 19.4 Å². The average molecular weight is 265 g/mol. The molecule has 0 bridgehead atoms. The number of rotatable bonds is 7. The molecule has 0 aliphatic rings. The summed E-state index contributed by atoms with van der Waals surface area (Å²) in [4.78, 5) is 23.6. The maximum atomic E-state index is 11.4. The first-order valence-electron chi connectivity index (χ1n) is 6.13. The van der Waals surface area contributed by atoms with Crippen LogP contribution in [0.5, 0.6) is 5.75 Å². The van der Waals surface area contributed by atoms with Crippen LogP contribution < -0.4 is 4.74 Å². The molecule has 19 heavy (non-hydrogen) atoms. The van der Waals surface area contributed by atoms with Crippen molar-refractivity contribution in [3.05, 3.63) is 29.8 Å². The van der Waals surface area contributed by atoms with Crippen LogP contribution in [-0.2, 0) is 16.0 Å². The van der Waals surface area contributed by atoms with Gasteiger partial charge in [-0.2, -0.15) is 0 Å². The molecule has 1 N–H and O–H groups in total. The molecule has 0 spiro atoms. The summed E-state index contributed by atoms with van der Waals surface area (Å²) in [6.45, 7) is 0.399. The normalized spacial score (nSPS) is 10.0. The number of ether oxygens (including phenoxy) is 1.